The van der Waals surface area contributed by atoms with Gasteiger partial charge in [0.2, 0.25) is 0 Å². The quantitative estimate of drug-likeness (QED) is 0.622. The summed E-state index contributed by atoms with van der Waals surface area (Å²) in [6.07, 6.45) is 0. The van der Waals surface area contributed by atoms with Gasteiger partial charge in [0.05, 0.1) is 22.8 Å². The van der Waals surface area contributed by atoms with E-state index in [1.807, 2.05) is 0 Å². The summed E-state index contributed by atoms with van der Waals surface area (Å²) >= 11 is 0. The highest BCUT2D eigenvalue weighted by atomic mass is 19.3. The molecule has 1 atom stereocenters. The fraction of sp³-hybridized carbons (Fsp3) is 0.318. The number of benzene rings is 2. The van der Waals surface area contributed by atoms with Crippen molar-refractivity contribution in [1.82, 2.24) is 9.97 Å². The van der Waals surface area contributed by atoms with E-state index in [1.165, 1.54) is 17.0 Å². The van der Waals surface area contributed by atoms with E-state index in [-0.39, 0.29) is 18.1 Å². The standard InChI is InChI=1S/C22H21F3N4O3/c1-11(13-5-4-6-15(20(13)23)22(24,25)10-30)26-21-14-7-17-18(32-9-19(31)29(17)3)8-16(14)27-12(2)28-21/h4-8,11,30H,9-10H2,1-3H3,(H,26,27,28)/t11-/m1/s1. The highest BCUT2D eigenvalue weighted by Crippen LogP contribution is 2.38. The number of halogens is 3. The topological polar surface area (TPSA) is 87.6 Å². The first kappa shape index (κ1) is 21.8. The number of carbonyl (C=O) groups is 1. The van der Waals surface area contributed by atoms with Crippen LogP contribution < -0.4 is 15.0 Å². The molecule has 1 amide bonds. The van der Waals surface area contributed by atoms with Crippen molar-refractivity contribution in [2.45, 2.75) is 25.8 Å². The van der Waals surface area contributed by atoms with E-state index in [0.29, 0.717) is 34.0 Å². The van der Waals surface area contributed by atoms with Gasteiger partial charge in [0, 0.05) is 24.1 Å². The van der Waals surface area contributed by atoms with Gasteiger partial charge >= 0.3 is 0 Å². The van der Waals surface area contributed by atoms with Crippen LogP contribution in [0, 0.1) is 12.7 Å². The summed E-state index contributed by atoms with van der Waals surface area (Å²) < 4.78 is 48.3. The number of fused-ring (bicyclic) bond motifs is 2. The molecule has 1 aliphatic heterocycles. The highest BCUT2D eigenvalue weighted by molar-refractivity contribution is 6.02. The van der Waals surface area contributed by atoms with Crippen LogP contribution in [0.15, 0.2) is 30.3 Å². The molecule has 0 saturated heterocycles. The SMILES string of the molecule is Cc1nc(N[C@H](C)c2cccc(C(F)(F)CO)c2F)c2cc3c(cc2n1)OCC(=O)N3C. The Hall–Kier alpha value is -3.40. The zero-order valence-corrected chi connectivity index (χ0v) is 17.6. The van der Waals surface area contributed by atoms with Crippen LogP contribution in [0.5, 0.6) is 5.75 Å². The summed E-state index contributed by atoms with van der Waals surface area (Å²) in [6.45, 7) is 1.73. The Kier molecular flexibility index (Phi) is 5.41. The summed E-state index contributed by atoms with van der Waals surface area (Å²) in [7, 11) is 1.63. The van der Waals surface area contributed by atoms with Gasteiger partial charge in [-0.3, -0.25) is 4.79 Å². The van der Waals surface area contributed by atoms with E-state index in [0.717, 1.165) is 6.07 Å². The van der Waals surface area contributed by atoms with Gasteiger partial charge in [-0.2, -0.15) is 8.78 Å². The van der Waals surface area contributed by atoms with E-state index < -0.39 is 30.0 Å². The van der Waals surface area contributed by atoms with E-state index in [4.69, 9.17) is 9.84 Å². The molecule has 3 aromatic rings. The van der Waals surface area contributed by atoms with Crippen molar-refractivity contribution in [3.8, 4) is 5.75 Å². The van der Waals surface area contributed by atoms with Gasteiger partial charge in [-0.1, -0.05) is 12.1 Å². The smallest absolute Gasteiger partial charge is 0.298 e. The zero-order valence-electron chi connectivity index (χ0n) is 17.6. The minimum atomic E-state index is -3.70. The number of alkyl halides is 2. The summed E-state index contributed by atoms with van der Waals surface area (Å²) in [5.41, 5.74) is 0.206. The number of aliphatic hydroxyl groups excluding tert-OH is 1. The molecule has 7 nitrogen and oxygen atoms in total. The maximum absolute atomic E-state index is 14.9. The normalized spacial score (nSPS) is 14.8. The maximum atomic E-state index is 14.9. The predicted molar refractivity (Wildman–Crippen MR) is 113 cm³/mol. The zero-order chi connectivity index (χ0) is 23.2. The number of likely N-dealkylation sites (N-methyl/N-ethyl adjacent to an activating group) is 1. The lowest BCUT2D eigenvalue weighted by Crippen LogP contribution is -2.35. The summed E-state index contributed by atoms with van der Waals surface area (Å²) in [5.74, 6) is -3.72. The monoisotopic (exact) mass is 446 g/mol. The molecule has 1 aliphatic rings. The van der Waals surface area contributed by atoms with Crippen LogP contribution in [-0.2, 0) is 10.7 Å². The first-order valence-corrected chi connectivity index (χ1v) is 9.88. The number of nitrogens with zero attached hydrogens (tertiary/aromatic N) is 3. The van der Waals surface area contributed by atoms with Crippen LogP contribution in [0.1, 0.15) is 29.9 Å². The van der Waals surface area contributed by atoms with Gasteiger partial charge in [-0.05, 0) is 26.0 Å². The second-order valence-corrected chi connectivity index (χ2v) is 7.64. The molecule has 10 heteroatoms. The van der Waals surface area contributed by atoms with Crippen molar-refractivity contribution in [2.24, 2.45) is 0 Å². The van der Waals surface area contributed by atoms with E-state index in [1.54, 1.807) is 33.0 Å². The van der Waals surface area contributed by atoms with E-state index in [9.17, 15) is 18.0 Å². The molecule has 0 radical (unpaired) electrons. The number of aromatic nitrogens is 2. The molecule has 0 fully saturated rings. The minimum Gasteiger partial charge on any atom is -0.481 e. The number of anilines is 2. The fourth-order valence-electron chi connectivity index (χ4n) is 3.65. The molecule has 2 heterocycles. The van der Waals surface area contributed by atoms with Crippen LogP contribution in [0.3, 0.4) is 0 Å². The molecule has 1 aromatic heterocycles. The van der Waals surface area contributed by atoms with Crippen LogP contribution in [0.4, 0.5) is 24.7 Å². The summed E-state index contributed by atoms with van der Waals surface area (Å²) in [6, 6.07) is 6.30. The molecular weight excluding hydrogens is 425 g/mol. The van der Waals surface area contributed by atoms with Crippen LogP contribution in [0.25, 0.3) is 10.9 Å². The molecule has 0 unspecified atom stereocenters. The lowest BCUT2D eigenvalue weighted by Gasteiger charge is -2.27. The Bertz CT molecular complexity index is 1220. The van der Waals surface area contributed by atoms with Crippen LogP contribution >= 0.6 is 0 Å². The Morgan fingerprint density at radius 2 is 2.06 bits per heavy atom. The average Bonchev–Trinajstić information content (AvgIpc) is 2.75. The van der Waals surface area contributed by atoms with Gasteiger partial charge in [0.25, 0.3) is 11.8 Å². The number of ether oxygens (including phenoxy) is 1. The van der Waals surface area contributed by atoms with Crippen molar-refractivity contribution < 1.29 is 27.8 Å². The van der Waals surface area contributed by atoms with E-state index in [2.05, 4.69) is 15.3 Å². The molecule has 0 bridgehead atoms. The Balaban J connectivity index is 1.77. The van der Waals surface area contributed by atoms with Crippen molar-refractivity contribution in [2.75, 3.05) is 30.5 Å². The third-order valence-corrected chi connectivity index (χ3v) is 5.42. The minimum absolute atomic E-state index is 0.00590. The van der Waals surface area contributed by atoms with Gasteiger partial charge in [-0.25, -0.2) is 14.4 Å². The summed E-state index contributed by atoms with van der Waals surface area (Å²) in [4.78, 5) is 22.3. The number of aryl methyl sites for hydroxylation is 1. The number of amides is 1. The van der Waals surface area contributed by atoms with Crippen molar-refractivity contribution in [3.05, 3.63) is 53.1 Å². The molecule has 0 spiro atoms. The lowest BCUT2D eigenvalue weighted by atomic mass is 10.00. The third-order valence-electron chi connectivity index (χ3n) is 5.42. The molecule has 4 rings (SSSR count). The third kappa shape index (κ3) is 3.70. The molecule has 32 heavy (non-hydrogen) atoms. The molecular formula is C22H21F3N4O3. The Morgan fingerprint density at radius 1 is 1.31 bits per heavy atom. The van der Waals surface area contributed by atoms with Gasteiger partial charge in [-0.15, -0.1) is 0 Å². The van der Waals surface area contributed by atoms with Crippen LogP contribution in [0.2, 0.25) is 0 Å². The Labute approximate surface area is 181 Å². The van der Waals surface area contributed by atoms with Crippen molar-refractivity contribution in [3.63, 3.8) is 0 Å². The van der Waals surface area contributed by atoms with Gasteiger partial charge in [0.15, 0.2) is 6.61 Å². The second-order valence-electron chi connectivity index (χ2n) is 7.64. The van der Waals surface area contributed by atoms with Crippen molar-refractivity contribution in [1.29, 1.82) is 0 Å². The van der Waals surface area contributed by atoms with Gasteiger partial charge in [0.1, 0.15) is 29.8 Å². The average molecular weight is 446 g/mol. The lowest BCUT2D eigenvalue weighted by molar-refractivity contribution is -0.120. The molecule has 168 valence electrons. The van der Waals surface area contributed by atoms with Crippen LogP contribution in [-0.4, -0.2) is 41.2 Å². The maximum Gasteiger partial charge on any atom is 0.298 e. The molecule has 0 aliphatic carbocycles. The largest absolute Gasteiger partial charge is 0.481 e. The number of aliphatic hydroxyl groups is 1. The first-order chi connectivity index (χ1) is 15.1. The summed E-state index contributed by atoms with van der Waals surface area (Å²) in [5, 5.41) is 12.6. The number of hydrogen-bond donors (Lipinski definition) is 2. The van der Waals surface area contributed by atoms with Gasteiger partial charge < -0.3 is 20.1 Å². The number of rotatable bonds is 5. The number of hydrogen-bond acceptors (Lipinski definition) is 6. The van der Waals surface area contributed by atoms with Crippen molar-refractivity contribution >= 4 is 28.3 Å². The number of carbonyl (C=O) groups excluding carboxylic acids is 1. The number of nitrogens with one attached hydrogen (secondary N) is 1. The first-order valence-electron chi connectivity index (χ1n) is 9.88. The Morgan fingerprint density at radius 3 is 2.78 bits per heavy atom. The predicted octanol–water partition coefficient (Wildman–Crippen LogP) is 3.69. The highest BCUT2D eigenvalue weighted by Gasteiger charge is 2.35. The molecule has 2 N–H and O–H groups in total. The second kappa shape index (κ2) is 7.94. The van der Waals surface area contributed by atoms with E-state index >= 15 is 0 Å². The molecule has 0 saturated carbocycles. The fourth-order valence-corrected chi connectivity index (χ4v) is 3.65. The molecule has 2 aromatic carbocycles.